The summed E-state index contributed by atoms with van der Waals surface area (Å²) in [4.78, 5) is 35.9. The average molecular weight is 396 g/mol. The molecule has 2 aromatic carbocycles. The zero-order valence-electron chi connectivity index (χ0n) is 17.6. The van der Waals surface area contributed by atoms with Crippen molar-refractivity contribution in [3.8, 4) is 0 Å². The molecule has 0 spiro atoms. The normalized spacial score (nSPS) is 10.9. The molecule has 0 aliphatic rings. The van der Waals surface area contributed by atoms with Gasteiger partial charge >= 0.3 is 5.97 Å². The van der Waals surface area contributed by atoms with E-state index in [-0.39, 0.29) is 30.2 Å². The zero-order chi connectivity index (χ0) is 21.6. The molecule has 2 aromatic rings. The number of amides is 2. The van der Waals surface area contributed by atoms with Crippen LogP contribution in [-0.4, -0.2) is 31.4 Å². The van der Waals surface area contributed by atoms with Crippen molar-refractivity contribution >= 4 is 23.5 Å². The fourth-order valence-electron chi connectivity index (χ4n) is 2.77. The van der Waals surface area contributed by atoms with Gasteiger partial charge in [0.25, 0.3) is 5.91 Å². The van der Waals surface area contributed by atoms with Gasteiger partial charge in [0.2, 0.25) is 5.91 Å². The van der Waals surface area contributed by atoms with Crippen molar-refractivity contribution in [3.05, 3.63) is 64.7 Å². The topological polar surface area (TPSA) is 84.5 Å². The molecular weight excluding hydrogens is 368 g/mol. The minimum Gasteiger partial charge on any atom is -0.465 e. The number of aryl methyl sites for hydroxylation is 1. The molecular formula is C23H28N2O4. The molecule has 0 saturated carbocycles. The summed E-state index contributed by atoms with van der Waals surface area (Å²) in [5, 5.41) is 5.55. The molecule has 6 heteroatoms. The van der Waals surface area contributed by atoms with Gasteiger partial charge in [-0.2, -0.15) is 0 Å². The highest BCUT2D eigenvalue weighted by molar-refractivity contribution is 5.96. The summed E-state index contributed by atoms with van der Waals surface area (Å²) in [7, 11) is 1.32. The van der Waals surface area contributed by atoms with Crippen LogP contribution >= 0.6 is 0 Å². The van der Waals surface area contributed by atoms with Crippen molar-refractivity contribution in [1.29, 1.82) is 0 Å². The summed E-state index contributed by atoms with van der Waals surface area (Å²) in [6, 6.07) is 12.4. The van der Waals surface area contributed by atoms with Gasteiger partial charge in [0, 0.05) is 24.2 Å². The summed E-state index contributed by atoms with van der Waals surface area (Å²) in [5.41, 5.74) is 3.54. The summed E-state index contributed by atoms with van der Waals surface area (Å²) < 4.78 is 4.68. The Hall–Kier alpha value is -3.15. The maximum Gasteiger partial charge on any atom is 0.337 e. The lowest BCUT2D eigenvalue weighted by Gasteiger charge is -2.19. The Balaban J connectivity index is 1.85. The van der Waals surface area contributed by atoms with E-state index in [0.29, 0.717) is 16.8 Å². The van der Waals surface area contributed by atoms with E-state index in [1.807, 2.05) is 12.1 Å². The summed E-state index contributed by atoms with van der Waals surface area (Å²) >= 11 is 0. The van der Waals surface area contributed by atoms with Crippen LogP contribution in [0.15, 0.2) is 42.5 Å². The van der Waals surface area contributed by atoms with E-state index in [1.54, 1.807) is 37.3 Å². The molecule has 0 unspecified atom stereocenters. The Morgan fingerprint density at radius 3 is 2.14 bits per heavy atom. The van der Waals surface area contributed by atoms with Gasteiger partial charge < -0.3 is 15.4 Å². The largest absolute Gasteiger partial charge is 0.465 e. The van der Waals surface area contributed by atoms with Crippen molar-refractivity contribution in [2.75, 3.05) is 19.0 Å². The van der Waals surface area contributed by atoms with Gasteiger partial charge in [0.05, 0.1) is 12.7 Å². The van der Waals surface area contributed by atoms with Gasteiger partial charge in [-0.1, -0.05) is 32.9 Å². The molecule has 2 rings (SSSR count). The molecule has 6 nitrogen and oxygen atoms in total. The van der Waals surface area contributed by atoms with Crippen molar-refractivity contribution in [3.63, 3.8) is 0 Å². The van der Waals surface area contributed by atoms with E-state index in [0.717, 1.165) is 11.1 Å². The molecule has 0 aromatic heterocycles. The SMILES string of the molecule is COC(=O)c1ccc(NC(=O)CCNC(=O)c2ccc(C(C)(C)C)cc2)c(C)c1. The Morgan fingerprint density at radius 1 is 0.966 bits per heavy atom. The van der Waals surface area contributed by atoms with E-state index in [1.165, 1.54) is 7.11 Å². The highest BCUT2D eigenvalue weighted by atomic mass is 16.5. The highest BCUT2D eigenvalue weighted by Crippen LogP contribution is 2.22. The predicted octanol–water partition coefficient (Wildman–Crippen LogP) is 3.84. The smallest absolute Gasteiger partial charge is 0.337 e. The monoisotopic (exact) mass is 396 g/mol. The Bertz CT molecular complexity index is 896. The maximum absolute atomic E-state index is 12.2. The van der Waals surface area contributed by atoms with E-state index < -0.39 is 5.97 Å². The van der Waals surface area contributed by atoms with E-state index in [9.17, 15) is 14.4 Å². The Morgan fingerprint density at radius 2 is 1.59 bits per heavy atom. The summed E-state index contributed by atoms with van der Waals surface area (Å²) in [6.45, 7) is 8.37. The molecule has 154 valence electrons. The number of benzene rings is 2. The third-order valence-electron chi connectivity index (χ3n) is 4.57. The minimum atomic E-state index is -0.427. The lowest BCUT2D eigenvalue weighted by molar-refractivity contribution is -0.116. The minimum absolute atomic E-state index is 0.0281. The fraction of sp³-hybridized carbons (Fsp3) is 0.348. The van der Waals surface area contributed by atoms with Gasteiger partial charge in [-0.15, -0.1) is 0 Å². The second kappa shape index (κ2) is 9.37. The van der Waals surface area contributed by atoms with Crippen LogP contribution in [0.5, 0.6) is 0 Å². The number of nitrogens with one attached hydrogen (secondary N) is 2. The first-order chi connectivity index (χ1) is 13.6. The lowest BCUT2D eigenvalue weighted by atomic mass is 9.87. The van der Waals surface area contributed by atoms with Gasteiger partial charge in [-0.05, 0) is 53.8 Å². The van der Waals surface area contributed by atoms with Gasteiger partial charge in [-0.3, -0.25) is 9.59 Å². The molecule has 0 fully saturated rings. The summed E-state index contributed by atoms with van der Waals surface area (Å²) in [6.07, 6.45) is 0.143. The van der Waals surface area contributed by atoms with Crippen molar-refractivity contribution in [2.24, 2.45) is 0 Å². The Kier molecular flexibility index (Phi) is 7.15. The number of hydrogen-bond acceptors (Lipinski definition) is 4. The van der Waals surface area contributed by atoms with Crippen LogP contribution in [0.3, 0.4) is 0 Å². The van der Waals surface area contributed by atoms with Crippen molar-refractivity contribution in [2.45, 2.75) is 39.5 Å². The van der Waals surface area contributed by atoms with Gasteiger partial charge in [0.1, 0.15) is 0 Å². The summed E-state index contributed by atoms with van der Waals surface area (Å²) in [5.74, 6) is -0.858. The number of carbonyl (C=O) groups excluding carboxylic acids is 3. The molecule has 0 atom stereocenters. The van der Waals surface area contributed by atoms with E-state index in [4.69, 9.17) is 0 Å². The first kappa shape index (κ1) is 22.1. The van der Waals surface area contributed by atoms with Crippen LogP contribution in [0.25, 0.3) is 0 Å². The molecule has 2 N–H and O–H groups in total. The standard InChI is InChI=1S/C23H28N2O4/c1-15-14-17(22(28)29-5)8-11-19(15)25-20(26)12-13-24-21(27)16-6-9-18(10-7-16)23(2,3)4/h6-11,14H,12-13H2,1-5H3,(H,24,27)(H,25,26). The lowest BCUT2D eigenvalue weighted by Crippen LogP contribution is -2.27. The molecule has 0 bridgehead atoms. The van der Waals surface area contributed by atoms with Crippen LogP contribution in [0, 0.1) is 6.92 Å². The van der Waals surface area contributed by atoms with Crippen molar-refractivity contribution < 1.29 is 19.1 Å². The average Bonchev–Trinajstić information content (AvgIpc) is 2.68. The maximum atomic E-state index is 12.2. The first-order valence-electron chi connectivity index (χ1n) is 9.49. The fourth-order valence-corrected chi connectivity index (χ4v) is 2.77. The van der Waals surface area contributed by atoms with Crippen LogP contribution in [0.2, 0.25) is 0 Å². The van der Waals surface area contributed by atoms with Crippen LogP contribution in [-0.2, 0) is 14.9 Å². The predicted molar refractivity (Wildman–Crippen MR) is 113 cm³/mol. The highest BCUT2D eigenvalue weighted by Gasteiger charge is 2.14. The molecule has 0 saturated heterocycles. The molecule has 0 heterocycles. The zero-order valence-corrected chi connectivity index (χ0v) is 17.6. The van der Waals surface area contributed by atoms with E-state index >= 15 is 0 Å². The van der Waals surface area contributed by atoms with Gasteiger partial charge in [-0.25, -0.2) is 4.79 Å². The number of methoxy groups -OCH3 is 1. The number of esters is 1. The molecule has 0 aliphatic heterocycles. The number of carbonyl (C=O) groups is 3. The van der Waals surface area contributed by atoms with Crippen LogP contribution in [0.1, 0.15) is 59.0 Å². The molecule has 29 heavy (non-hydrogen) atoms. The third kappa shape index (κ3) is 6.17. The van der Waals surface area contributed by atoms with Crippen LogP contribution < -0.4 is 10.6 Å². The second-order valence-electron chi connectivity index (χ2n) is 7.90. The van der Waals surface area contributed by atoms with E-state index in [2.05, 4.69) is 36.1 Å². The molecule has 0 radical (unpaired) electrons. The number of ether oxygens (including phenoxy) is 1. The van der Waals surface area contributed by atoms with Crippen molar-refractivity contribution in [1.82, 2.24) is 5.32 Å². The third-order valence-corrected chi connectivity index (χ3v) is 4.57. The second-order valence-corrected chi connectivity index (χ2v) is 7.90. The number of rotatable bonds is 6. The first-order valence-corrected chi connectivity index (χ1v) is 9.49. The number of anilines is 1. The molecule has 0 aliphatic carbocycles. The van der Waals surface area contributed by atoms with Gasteiger partial charge in [0.15, 0.2) is 0 Å². The molecule has 2 amide bonds. The number of hydrogen-bond donors (Lipinski definition) is 2. The van der Waals surface area contributed by atoms with Crippen LogP contribution in [0.4, 0.5) is 5.69 Å². The Labute approximate surface area is 171 Å². The quantitative estimate of drug-likeness (QED) is 0.727.